The van der Waals surface area contributed by atoms with E-state index in [9.17, 15) is 0 Å². The molecule has 10 aromatic carbocycles. The lowest BCUT2D eigenvalue weighted by atomic mass is 9.82. The molecule has 0 fully saturated rings. The maximum atomic E-state index is 2.47. The minimum atomic E-state index is -0.114. The summed E-state index contributed by atoms with van der Waals surface area (Å²) in [6, 6.07) is 106. The Bertz CT molecular complexity index is 5200. The van der Waals surface area contributed by atoms with Crippen LogP contribution in [0.25, 0.3) is 104 Å². The van der Waals surface area contributed by atoms with Crippen LogP contribution in [0.3, 0.4) is 0 Å². The Hall–Kier alpha value is -9.70. The smallest absolute Gasteiger partial charge is 0.0465 e. The molecule has 0 radical (unpaired) electrons. The Kier molecular flexibility index (Phi) is 13.7. The Morgan fingerprint density at radius 1 is 0.182 bits per heavy atom. The molecule has 15 aromatic rings. The van der Waals surface area contributed by atoms with Gasteiger partial charge in [0.1, 0.15) is 0 Å². The monoisotopic (exact) mass is 1360 g/mol. The fraction of sp³-hybridized carbons (Fsp3) is 0.130. The number of fused-ring (bicyclic) bond motifs is 12. The lowest BCUT2D eigenvalue weighted by molar-refractivity contribution is 0.659. The van der Waals surface area contributed by atoms with Crippen LogP contribution in [0.4, 0.5) is 34.1 Å². The van der Waals surface area contributed by atoms with Gasteiger partial charge in [0.05, 0.1) is 0 Å². The normalized spacial score (nSPS) is 14.8. The van der Waals surface area contributed by atoms with Crippen LogP contribution in [0.2, 0.25) is 0 Å². The molecule has 0 atom stereocenters. The van der Waals surface area contributed by atoms with Crippen molar-refractivity contribution in [1.29, 1.82) is 0 Å². The van der Waals surface area contributed by atoms with Crippen molar-refractivity contribution in [1.82, 2.24) is 0 Å². The number of hydrogen-bond donors (Lipinski definition) is 0. The molecule has 5 heterocycles. The van der Waals surface area contributed by atoms with Crippen molar-refractivity contribution in [2.45, 2.75) is 77.0 Å². The molecule has 0 N–H and O–H groups in total. The number of anilines is 6. The molecule has 0 bridgehead atoms. The second-order valence-electron chi connectivity index (χ2n) is 29.2. The maximum Gasteiger partial charge on any atom is 0.0465 e. The Morgan fingerprint density at radius 2 is 0.374 bits per heavy atom. The van der Waals surface area contributed by atoms with Crippen LogP contribution in [0.15, 0.2) is 279 Å². The highest BCUT2D eigenvalue weighted by Gasteiger charge is 2.40. The van der Waals surface area contributed by atoms with Gasteiger partial charge >= 0.3 is 0 Å². The van der Waals surface area contributed by atoms with Crippen molar-refractivity contribution in [3.05, 3.63) is 324 Å². The van der Waals surface area contributed by atoms with Crippen LogP contribution in [-0.2, 0) is 21.7 Å². The first-order valence-electron chi connectivity index (χ1n) is 34.3. The quantitative estimate of drug-likeness (QED) is 0.120. The molecular formula is C92H70N2S5. The zero-order valence-electron chi connectivity index (χ0n) is 56.5. The van der Waals surface area contributed by atoms with Crippen molar-refractivity contribution >= 4 is 90.8 Å². The lowest BCUT2D eigenvalue weighted by Gasteiger charge is -2.30. The average molecular weight is 1360 g/mol. The Labute approximate surface area is 600 Å². The van der Waals surface area contributed by atoms with Crippen LogP contribution in [-0.4, -0.2) is 0 Å². The van der Waals surface area contributed by atoms with Gasteiger partial charge in [-0.3, -0.25) is 0 Å². The number of nitrogens with zero attached hydrogens (tertiary/aromatic N) is 2. The van der Waals surface area contributed by atoms with Gasteiger partial charge < -0.3 is 9.80 Å². The van der Waals surface area contributed by atoms with E-state index in [0.29, 0.717) is 0 Å². The molecule has 19 rings (SSSR count). The van der Waals surface area contributed by atoms with Crippen molar-refractivity contribution in [2.24, 2.45) is 0 Å². The summed E-state index contributed by atoms with van der Waals surface area (Å²) in [7, 11) is 0. The summed E-state index contributed by atoms with van der Waals surface area (Å²) in [5.74, 6) is 0. The van der Waals surface area contributed by atoms with Crippen LogP contribution in [0.1, 0.15) is 99.9 Å². The highest BCUT2D eigenvalue weighted by atomic mass is 32.1. The van der Waals surface area contributed by atoms with E-state index in [1.54, 1.807) is 0 Å². The number of benzene rings is 10. The van der Waals surface area contributed by atoms with E-state index in [0.717, 1.165) is 11.4 Å². The van der Waals surface area contributed by atoms with Crippen LogP contribution in [0, 0.1) is 0 Å². The molecule has 0 aliphatic heterocycles. The topological polar surface area (TPSA) is 6.48 Å². The fourth-order valence-corrected chi connectivity index (χ4v) is 22.2. The first kappa shape index (κ1) is 60.5. The third-order valence-corrected chi connectivity index (χ3v) is 28.4. The second kappa shape index (κ2) is 22.4. The summed E-state index contributed by atoms with van der Waals surface area (Å²) >= 11 is 9.42. The molecule has 0 unspecified atom stereocenters. The van der Waals surface area contributed by atoms with Gasteiger partial charge in [-0.1, -0.05) is 201 Å². The van der Waals surface area contributed by atoms with Crippen molar-refractivity contribution in [3.8, 4) is 104 Å². The Balaban J connectivity index is 0.563. The summed E-state index contributed by atoms with van der Waals surface area (Å²) < 4.78 is 0. The first-order chi connectivity index (χ1) is 48.0. The van der Waals surface area contributed by atoms with Gasteiger partial charge in [-0.25, -0.2) is 0 Å². The minimum absolute atomic E-state index is 0.114. The molecule has 7 heteroatoms. The van der Waals surface area contributed by atoms with E-state index in [1.807, 2.05) is 56.7 Å². The summed E-state index contributed by atoms with van der Waals surface area (Å²) in [5, 5.41) is 0. The largest absolute Gasteiger partial charge is 0.310 e. The molecule has 0 spiro atoms. The molecule has 2 nitrogen and oxygen atoms in total. The molecule has 5 aromatic heterocycles. The molecule has 4 aliphatic rings. The van der Waals surface area contributed by atoms with Crippen molar-refractivity contribution < 1.29 is 0 Å². The zero-order chi connectivity index (χ0) is 66.8. The van der Waals surface area contributed by atoms with Crippen molar-refractivity contribution in [2.75, 3.05) is 9.80 Å². The van der Waals surface area contributed by atoms with E-state index in [-0.39, 0.29) is 21.7 Å². The predicted octanol–water partition coefficient (Wildman–Crippen LogP) is 28.2. The number of thiophene rings is 5. The molecule has 0 amide bonds. The third kappa shape index (κ3) is 9.49. The van der Waals surface area contributed by atoms with E-state index in [1.165, 1.54) is 172 Å². The third-order valence-electron chi connectivity index (χ3n) is 22.1. The van der Waals surface area contributed by atoms with Crippen molar-refractivity contribution in [3.63, 3.8) is 0 Å². The van der Waals surface area contributed by atoms with Gasteiger partial charge in [0.25, 0.3) is 0 Å². The molecule has 0 saturated heterocycles. The summed E-state index contributed by atoms with van der Waals surface area (Å²) in [6.07, 6.45) is 0. The highest BCUT2D eigenvalue weighted by molar-refractivity contribution is 7.30. The molecule has 0 saturated carbocycles. The maximum absolute atomic E-state index is 2.47. The first-order valence-corrected chi connectivity index (χ1v) is 38.4. The minimum Gasteiger partial charge on any atom is -0.310 e. The fourth-order valence-electron chi connectivity index (χ4n) is 16.8. The van der Waals surface area contributed by atoms with Crippen LogP contribution < -0.4 is 9.80 Å². The second-order valence-corrected chi connectivity index (χ2v) is 34.6. The Morgan fingerprint density at radius 3 is 0.616 bits per heavy atom. The van der Waals surface area contributed by atoms with Crippen LogP contribution >= 0.6 is 56.7 Å². The lowest BCUT2D eigenvalue weighted by Crippen LogP contribution is -2.18. The van der Waals surface area contributed by atoms with E-state index in [2.05, 4.69) is 344 Å². The van der Waals surface area contributed by atoms with Gasteiger partial charge in [0.2, 0.25) is 0 Å². The number of rotatable bonds is 12. The van der Waals surface area contributed by atoms with Gasteiger partial charge in [0, 0.05) is 105 Å². The molecule has 99 heavy (non-hydrogen) atoms. The molecule has 4 aliphatic carbocycles. The van der Waals surface area contributed by atoms with E-state index in [4.69, 9.17) is 0 Å². The zero-order valence-corrected chi connectivity index (χ0v) is 60.6. The predicted molar refractivity (Wildman–Crippen MR) is 428 cm³/mol. The SMILES string of the molecule is CC1(C)c2ccccc2-c2ccc(N(c3ccc(-c4ccc(-c5ccc(-c6ccc(-c7ccc(-c8ccc(-c9ccc(N(c%10ccc%11c(c%10)C(C)(C)c%10ccccc%10-%11)c%10ccc%11c(c%10)C(C)(C)c%10ccccc%10-%11)cc9)s8)s7)s6)s5)s4)cc3)c3ccc4c(c3)C(C)(C)c3ccccc3-4)cc21. The van der Waals surface area contributed by atoms with Gasteiger partial charge in [-0.05, 0) is 234 Å². The summed E-state index contributed by atoms with van der Waals surface area (Å²) in [5.41, 5.74) is 30.7. The highest BCUT2D eigenvalue weighted by Crippen LogP contribution is 2.57. The van der Waals surface area contributed by atoms with Gasteiger partial charge in [-0.2, -0.15) is 0 Å². The van der Waals surface area contributed by atoms with E-state index < -0.39 is 0 Å². The van der Waals surface area contributed by atoms with Gasteiger partial charge in [0.15, 0.2) is 0 Å². The average Bonchev–Trinajstić information content (AvgIpc) is 1.60. The van der Waals surface area contributed by atoms with Gasteiger partial charge in [-0.15, -0.1) is 56.7 Å². The standard InChI is InChI=1S/C92H70N2S5/c1-89(2)71-21-13-9-17-63(71)67-37-33-59(51-75(67)89)93(60-34-38-68-64-18-10-14-22-72(64)90(3,4)76(68)52-60)57-29-25-55(26-30-57)79-41-43-81(95-79)83-45-47-85(97-83)87-49-50-88(99-87)86-48-46-84(98-86)82-44-42-80(96-82)56-27-31-58(32-28-56)94(61-35-39-69-65-19-11-15-23-73(65)91(5,6)77(69)53-61)62-36-40-70-66-20-12-16-24-74(66)92(7,8)78(70)54-62/h9-54H,1-8H3. The number of hydrogen-bond acceptors (Lipinski definition) is 7. The summed E-state index contributed by atoms with van der Waals surface area (Å²) in [4.78, 5) is 17.9. The molecule has 478 valence electrons. The van der Waals surface area contributed by atoms with Crippen LogP contribution in [0.5, 0.6) is 0 Å². The van der Waals surface area contributed by atoms with E-state index >= 15 is 0 Å². The molecular weight excluding hydrogens is 1290 g/mol. The summed E-state index contributed by atoms with van der Waals surface area (Å²) in [6.45, 7) is 19.0.